The molecule has 0 unspecified atom stereocenters. The lowest BCUT2D eigenvalue weighted by atomic mass is 10.1. The highest BCUT2D eigenvalue weighted by atomic mass is 79.9. The number of hydrogen-bond acceptors (Lipinski definition) is 5. The molecule has 2 aromatic rings. The van der Waals surface area contributed by atoms with E-state index in [9.17, 15) is 13.2 Å². The maximum absolute atomic E-state index is 12.5. The summed E-state index contributed by atoms with van der Waals surface area (Å²) in [7, 11) is -2.14. The van der Waals surface area contributed by atoms with E-state index in [1.165, 1.54) is 17.1 Å². The summed E-state index contributed by atoms with van der Waals surface area (Å²) >= 11 is 3.19. The van der Waals surface area contributed by atoms with Crippen LogP contribution < -0.4 is 0 Å². The number of aromatic carboxylic acids is 1. The van der Waals surface area contributed by atoms with Crippen molar-refractivity contribution >= 4 is 31.7 Å². The van der Waals surface area contributed by atoms with Gasteiger partial charge in [-0.2, -0.15) is 5.10 Å². The van der Waals surface area contributed by atoms with Crippen molar-refractivity contribution in [3.8, 4) is 0 Å². The topological polar surface area (TPSA) is 102 Å². The van der Waals surface area contributed by atoms with Crippen LogP contribution in [0.4, 0.5) is 0 Å². The molecule has 9 heteroatoms. The zero-order chi connectivity index (χ0) is 15.8. The molecule has 1 aromatic heterocycles. The second kappa shape index (κ2) is 5.57. The van der Waals surface area contributed by atoms with E-state index >= 15 is 0 Å². The zero-order valence-electron chi connectivity index (χ0n) is 11.2. The molecule has 1 aromatic carbocycles. The molecule has 2 rings (SSSR count). The van der Waals surface area contributed by atoms with Crippen LogP contribution in [0.15, 0.2) is 27.8 Å². The molecule has 0 spiro atoms. The Bertz CT molecular complexity index is 814. The third-order valence-corrected chi connectivity index (χ3v) is 5.56. The highest BCUT2D eigenvalue weighted by Gasteiger charge is 2.23. The van der Waals surface area contributed by atoms with Gasteiger partial charge in [-0.3, -0.25) is 4.68 Å². The van der Waals surface area contributed by atoms with Gasteiger partial charge in [0.2, 0.25) is 0 Å². The number of benzene rings is 1. The number of carboxylic acids is 1. The SMILES string of the molecule is Cc1c(Br)cc(C(=O)O)cc1S(=O)(=O)Cc1ncnn1C. The molecule has 0 aliphatic carbocycles. The Labute approximate surface area is 129 Å². The fourth-order valence-corrected chi connectivity index (χ4v) is 4.03. The number of carboxylic acid groups (broad SMARTS) is 1. The van der Waals surface area contributed by atoms with Crippen molar-refractivity contribution < 1.29 is 18.3 Å². The van der Waals surface area contributed by atoms with Crippen LogP contribution in [0, 0.1) is 6.92 Å². The van der Waals surface area contributed by atoms with E-state index in [0.29, 0.717) is 10.0 Å². The Hall–Kier alpha value is -1.74. The van der Waals surface area contributed by atoms with Gasteiger partial charge < -0.3 is 5.11 Å². The van der Waals surface area contributed by atoms with E-state index in [2.05, 4.69) is 26.0 Å². The van der Waals surface area contributed by atoms with Crippen LogP contribution in [0.1, 0.15) is 21.7 Å². The lowest BCUT2D eigenvalue weighted by molar-refractivity contribution is 0.0696. The largest absolute Gasteiger partial charge is 0.478 e. The number of aryl methyl sites for hydroxylation is 1. The van der Waals surface area contributed by atoms with Crippen molar-refractivity contribution in [3.63, 3.8) is 0 Å². The molecule has 7 nitrogen and oxygen atoms in total. The molecule has 21 heavy (non-hydrogen) atoms. The van der Waals surface area contributed by atoms with Gasteiger partial charge in [0.15, 0.2) is 9.84 Å². The number of carbonyl (C=O) groups is 1. The van der Waals surface area contributed by atoms with Gasteiger partial charge in [-0.1, -0.05) is 15.9 Å². The number of aromatic nitrogens is 3. The average Bonchev–Trinajstić information content (AvgIpc) is 2.77. The molecule has 0 radical (unpaired) electrons. The minimum Gasteiger partial charge on any atom is -0.478 e. The van der Waals surface area contributed by atoms with Gasteiger partial charge in [-0.05, 0) is 24.6 Å². The summed E-state index contributed by atoms with van der Waals surface area (Å²) in [5.74, 6) is -1.25. The Morgan fingerprint density at radius 1 is 1.43 bits per heavy atom. The first kappa shape index (κ1) is 15.6. The van der Waals surface area contributed by atoms with E-state index in [1.807, 2.05) is 0 Å². The number of rotatable bonds is 4. The smallest absolute Gasteiger partial charge is 0.335 e. The van der Waals surface area contributed by atoms with Gasteiger partial charge in [0, 0.05) is 11.5 Å². The van der Waals surface area contributed by atoms with Crippen molar-refractivity contribution in [2.24, 2.45) is 7.05 Å². The lowest BCUT2D eigenvalue weighted by Crippen LogP contribution is -2.12. The van der Waals surface area contributed by atoms with E-state index in [-0.39, 0.29) is 22.0 Å². The highest BCUT2D eigenvalue weighted by Crippen LogP contribution is 2.27. The first-order valence-electron chi connectivity index (χ1n) is 5.81. The van der Waals surface area contributed by atoms with Crippen LogP contribution >= 0.6 is 15.9 Å². The Morgan fingerprint density at radius 2 is 2.10 bits per heavy atom. The predicted octanol–water partition coefficient (Wildman–Crippen LogP) is 1.56. The summed E-state index contributed by atoms with van der Waals surface area (Å²) in [5, 5.41) is 12.9. The third kappa shape index (κ3) is 3.13. The molecule has 0 saturated heterocycles. The number of sulfone groups is 1. The Balaban J connectivity index is 2.54. The summed E-state index contributed by atoms with van der Waals surface area (Å²) in [6.45, 7) is 1.61. The van der Waals surface area contributed by atoms with Gasteiger partial charge in [0.05, 0.1) is 10.5 Å². The van der Waals surface area contributed by atoms with Crippen LogP contribution in [-0.2, 0) is 22.6 Å². The average molecular weight is 374 g/mol. The van der Waals surface area contributed by atoms with Crippen molar-refractivity contribution in [2.45, 2.75) is 17.6 Å². The van der Waals surface area contributed by atoms with Gasteiger partial charge in [0.1, 0.15) is 17.9 Å². The normalized spacial score (nSPS) is 11.6. The molecule has 0 fully saturated rings. The molecule has 0 atom stereocenters. The second-order valence-electron chi connectivity index (χ2n) is 4.45. The lowest BCUT2D eigenvalue weighted by Gasteiger charge is -2.10. The molecule has 0 amide bonds. The van der Waals surface area contributed by atoms with Crippen LogP contribution in [0.5, 0.6) is 0 Å². The van der Waals surface area contributed by atoms with E-state index in [0.717, 1.165) is 6.07 Å². The summed E-state index contributed by atoms with van der Waals surface area (Å²) in [4.78, 5) is 14.9. The van der Waals surface area contributed by atoms with Crippen molar-refractivity contribution in [3.05, 3.63) is 39.9 Å². The highest BCUT2D eigenvalue weighted by molar-refractivity contribution is 9.10. The Kier molecular flexibility index (Phi) is 4.15. The molecule has 0 aliphatic heterocycles. The molecule has 0 aliphatic rings. The van der Waals surface area contributed by atoms with E-state index in [1.54, 1.807) is 14.0 Å². The standard InChI is InChI=1S/C12H12BrN3O4S/c1-7-9(13)3-8(12(17)18)4-10(7)21(19,20)5-11-14-6-15-16(11)2/h3-4,6H,5H2,1-2H3,(H,17,18). The maximum Gasteiger partial charge on any atom is 0.335 e. The molecular formula is C12H12BrN3O4S. The van der Waals surface area contributed by atoms with Crippen LogP contribution in [0.3, 0.4) is 0 Å². The van der Waals surface area contributed by atoms with Gasteiger partial charge >= 0.3 is 5.97 Å². The fourth-order valence-electron chi connectivity index (χ4n) is 1.80. The minimum atomic E-state index is -3.73. The predicted molar refractivity (Wildman–Crippen MR) is 77.7 cm³/mol. The van der Waals surface area contributed by atoms with E-state index in [4.69, 9.17) is 5.11 Å². The quantitative estimate of drug-likeness (QED) is 0.872. The van der Waals surface area contributed by atoms with Crippen LogP contribution in [0.25, 0.3) is 0 Å². The van der Waals surface area contributed by atoms with Gasteiger partial charge in [-0.25, -0.2) is 18.2 Å². The number of hydrogen-bond donors (Lipinski definition) is 1. The molecular weight excluding hydrogens is 362 g/mol. The van der Waals surface area contributed by atoms with Crippen molar-refractivity contribution in [1.29, 1.82) is 0 Å². The number of nitrogens with zero attached hydrogens (tertiary/aromatic N) is 3. The third-order valence-electron chi connectivity index (χ3n) is 3.00. The van der Waals surface area contributed by atoms with Gasteiger partial charge in [0.25, 0.3) is 0 Å². The van der Waals surface area contributed by atoms with Gasteiger partial charge in [-0.15, -0.1) is 0 Å². The number of halogens is 1. The summed E-state index contributed by atoms with van der Waals surface area (Å²) in [5.41, 5.74) is 0.367. The summed E-state index contributed by atoms with van der Waals surface area (Å²) in [6.07, 6.45) is 1.27. The minimum absolute atomic E-state index is 0.0303. The first-order valence-corrected chi connectivity index (χ1v) is 8.26. The van der Waals surface area contributed by atoms with Crippen molar-refractivity contribution in [2.75, 3.05) is 0 Å². The fraction of sp³-hybridized carbons (Fsp3) is 0.250. The van der Waals surface area contributed by atoms with Crippen LogP contribution in [-0.4, -0.2) is 34.3 Å². The molecule has 1 heterocycles. The summed E-state index contributed by atoms with van der Waals surface area (Å²) < 4.78 is 26.8. The first-order chi connectivity index (χ1) is 9.72. The molecule has 112 valence electrons. The Morgan fingerprint density at radius 3 is 2.62 bits per heavy atom. The molecule has 0 bridgehead atoms. The van der Waals surface area contributed by atoms with Crippen molar-refractivity contribution in [1.82, 2.24) is 14.8 Å². The van der Waals surface area contributed by atoms with Crippen LogP contribution in [0.2, 0.25) is 0 Å². The maximum atomic E-state index is 12.5. The molecule has 1 N–H and O–H groups in total. The monoisotopic (exact) mass is 373 g/mol. The second-order valence-corrected chi connectivity index (χ2v) is 7.26. The molecule has 0 saturated carbocycles. The van der Waals surface area contributed by atoms with E-state index < -0.39 is 15.8 Å². The summed E-state index contributed by atoms with van der Waals surface area (Å²) in [6, 6.07) is 2.53. The zero-order valence-corrected chi connectivity index (χ0v) is 13.6.